The number of rotatable bonds is 1. The molecule has 1 aliphatic carbocycles. The van der Waals surface area contributed by atoms with Crippen molar-refractivity contribution in [2.75, 3.05) is 0 Å². The average molecular weight is 299 g/mol. The minimum absolute atomic E-state index is 1.06. The normalized spacial score (nSPS) is 13.9. The van der Waals surface area contributed by atoms with Crippen LogP contribution in [0.5, 0.6) is 0 Å². The fourth-order valence-corrected chi connectivity index (χ4v) is 3.18. The maximum absolute atomic E-state index is 3.66. The number of benzene rings is 2. The molecule has 0 saturated heterocycles. The highest BCUT2D eigenvalue weighted by Gasteiger charge is 2.21. The van der Waals surface area contributed by atoms with Crippen molar-refractivity contribution in [1.29, 1.82) is 0 Å². The van der Waals surface area contributed by atoms with Crippen molar-refractivity contribution < 1.29 is 0 Å². The molecular weight excluding hydrogens is 284 g/mol. The molecule has 0 bridgehead atoms. The van der Waals surface area contributed by atoms with E-state index in [4.69, 9.17) is 0 Å². The number of hydrogen-bond acceptors (Lipinski definition) is 0. The van der Waals surface area contributed by atoms with Crippen molar-refractivity contribution in [3.05, 3.63) is 74.8 Å². The Bertz CT molecular complexity index is 633. The molecule has 2 aromatic carbocycles. The Labute approximate surface area is 116 Å². The smallest absolute Gasteiger partial charge is 0.0216 e. The van der Waals surface area contributed by atoms with E-state index in [0.29, 0.717) is 0 Å². The van der Waals surface area contributed by atoms with Crippen LogP contribution in [0.4, 0.5) is 0 Å². The first-order valence-electron chi connectivity index (χ1n) is 6.21. The third kappa shape index (κ3) is 1.83. The zero-order valence-corrected chi connectivity index (χ0v) is 12.2. The largest absolute Gasteiger partial charge is 0.0605 e. The van der Waals surface area contributed by atoms with Gasteiger partial charge in [-0.15, -0.1) is 0 Å². The highest BCUT2D eigenvalue weighted by atomic mass is 79.9. The lowest BCUT2D eigenvalue weighted by Gasteiger charge is -2.08. The zero-order chi connectivity index (χ0) is 12.7. The molecule has 0 fully saturated rings. The summed E-state index contributed by atoms with van der Waals surface area (Å²) in [7, 11) is 0. The van der Waals surface area contributed by atoms with E-state index in [1.54, 1.807) is 0 Å². The SMILES string of the molecule is CC1=C(c2ccc(C)cc2)c2cccc(Br)c2C1. The highest BCUT2D eigenvalue weighted by molar-refractivity contribution is 9.10. The molecule has 0 aromatic heterocycles. The van der Waals surface area contributed by atoms with E-state index >= 15 is 0 Å². The summed E-state index contributed by atoms with van der Waals surface area (Å²) in [6.45, 7) is 4.37. The van der Waals surface area contributed by atoms with Gasteiger partial charge < -0.3 is 0 Å². The Hall–Kier alpha value is -1.34. The van der Waals surface area contributed by atoms with Gasteiger partial charge in [0.05, 0.1) is 0 Å². The minimum Gasteiger partial charge on any atom is -0.0605 e. The first-order valence-corrected chi connectivity index (χ1v) is 7.00. The van der Waals surface area contributed by atoms with Crippen LogP contribution in [0.25, 0.3) is 5.57 Å². The van der Waals surface area contributed by atoms with Gasteiger partial charge in [0.2, 0.25) is 0 Å². The van der Waals surface area contributed by atoms with Crippen molar-refractivity contribution in [2.45, 2.75) is 20.3 Å². The van der Waals surface area contributed by atoms with Crippen LogP contribution in [0, 0.1) is 6.92 Å². The van der Waals surface area contributed by atoms with Crippen LogP contribution >= 0.6 is 15.9 Å². The van der Waals surface area contributed by atoms with Crippen LogP contribution in [0.15, 0.2) is 52.5 Å². The maximum Gasteiger partial charge on any atom is 0.0216 e. The summed E-state index contributed by atoms with van der Waals surface area (Å²) in [6, 6.07) is 15.3. The zero-order valence-electron chi connectivity index (χ0n) is 10.6. The fourth-order valence-electron chi connectivity index (χ4n) is 2.68. The molecule has 1 heteroatoms. The van der Waals surface area contributed by atoms with E-state index < -0.39 is 0 Å². The summed E-state index contributed by atoms with van der Waals surface area (Å²) >= 11 is 3.66. The molecular formula is C17H15Br. The second-order valence-electron chi connectivity index (χ2n) is 4.96. The molecule has 0 unspecified atom stereocenters. The molecule has 1 aliphatic rings. The van der Waals surface area contributed by atoms with Gasteiger partial charge in [-0.3, -0.25) is 0 Å². The molecule has 18 heavy (non-hydrogen) atoms. The lowest BCUT2D eigenvalue weighted by Crippen LogP contribution is -1.88. The summed E-state index contributed by atoms with van der Waals surface area (Å²) in [5.41, 5.74) is 8.31. The molecule has 90 valence electrons. The van der Waals surface area contributed by atoms with Gasteiger partial charge in [-0.1, -0.05) is 63.5 Å². The monoisotopic (exact) mass is 298 g/mol. The molecule has 0 nitrogen and oxygen atoms in total. The topological polar surface area (TPSA) is 0 Å². The van der Waals surface area contributed by atoms with Crippen molar-refractivity contribution >= 4 is 21.5 Å². The molecule has 0 N–H and O–H groups in total. The van der Waals surface area contributed by atoms with E-state index in [9.17, 15) is 0 Å². The van der Waals surface area contributed by atoms with Gasteiger partial charge in [0.25, 0.3) is 0 Å². The summed E-state index contributed by atoms with van der Waals surface area (Å²) in [5.74, 6) is 0. The second-order valence-corrected chi connectivity index (χ2v) is 5.82. The number of halogens is 1. The summed E-state index contributed by atoms with van der Waals surface area (Å²) in [6.07, 6.45) is 1.06. The molecule has 3 rings (SSSR count). The van der Waals surface area contributed by atoms with Crippen LogP contribution in [0.2, 0.25) is 0 Å². The number of fused-ring (bicyclic) bond motifs is 1. The first kappa shape index (κ1) is 11.7. The predicted octanol–water partition coefficient (Wildman–Crippen LogP) is 5.14. The van der Waals surface area contributed by atoms with Gasteiger partial charge in [-0.25, -0.2) is 0 Å². The second kappa shape index (κ2) is 4.40. The first-order chi connectivity index (χ1) is 8.66. The Morgan fingerprint density at radius 3 is 2.39 bits per heavy atom. The summed E-state index contributed by atoms with van der Waals surface area (Å²) in [5, 5.41) is 0. The van der Waals surface area contributed by atoms with Crippen LogP contribution < -0.4 is 0 Å². The Balaban J connectivity index is 2.17. The van der Waals surface area contributed by atoms with Crippen molar-refractivity contribution in [3.63, 3.8) is 0 Å². The van der Waals surface area contributed by atoms with Crippen LogP contribution in [0.3, 0.4) is 0 Å². The molecule has 0 saturated carbocycles. The van der Waals surface area contributed by atoms with Crippen LogP contribution in [-0.2, 0) is 6.42 Å². The standard InChI is InChI=1S/C17H15Br/c1-11-6-8-13(9-7-11)17-12(2)10-15-14(17)4-3-5-16(15)18/h3-9H,10H2,1-2H3. The number of aryl methyl sites for hydroxylation is 1. The third-order valence-corrected chi connectivity index (χ3v) is 4.34. The van der Waals surface area contributed by atoms with E-state index in [1.807, 2.05) is 0 Å². The Morgan fingerprint density at radius 1 is 0.944 bits per heavy atom. The quantitative estimate of drug-likeness (QED) is 0.684. The van der Waals surface area contributed by atoms with Crippen LogP contribution in [0.1, 0.15) is 29.2 Å². The third-order valence-electron chi connectivity index (χ3n) is 3.60. The summed E-state index contributed by atoms with van der Waals surface area (Å²) < 4.78 is 1.22. The van der Waals surface area contributed by atoms with Gasteiger partial charge >= 0.3 is 0 Å². The van der Waals surface area contributed by atoms with Gasteiger partial charge in [0.1, 0.15) is 0 Å². The van der Waals surface area contributed by atoms with Gasteiger partial charge in [-0.2, -0.15) is 0 Å². The van der Waals surface area contributed by atoms with Crippen molar-refractivity contribution in [3.8, 4) is 0 Å². The molecule has 0 heterocycles. The lowest BCUT2D eigenvalue weighted by atomic mass is 9.97. The highest BCUT2D eigenvalue weighted by Crippen LogP contribution is 2.40. The van der Waals surface area contributed by atoms with Crippen molar-refractivity contribution in [1.82, 2.24) is 0 Å². The summed E-state index contributed by atoms with van der Waals surface area (Å²) in [4.78, 5) is 0. The maximum atomic E-state index is 3.66. The Morgan fingerprint density at radius 2 is 1.67 bits per heavy atom. The molecule has 0 aliphatic heterocycles. The van der Waals surface area contributed by atoms with Gasteiger partial charge in [0, 0.05) is 4.47 Å². The van der Waals surface area contributed by atoms with Crippen LogP contribution in [-0.4, -0.2) is 0 Å². The number of allylic oxidation sites excluding steroid dienone is 1. The molecule has 0 atom stereocenters. The van der Waals surface area contributed by atoms with E-state index in [2.05, 4.69) is 72.2 Å². The van der Waals surface area contributed by atoms with Gasteiger partial charge in [0.15, 0.2) is 0 Å². The molecule has 0 spiro atoms. The van der Waals surface area contributed by atoms with E-state index in [-0.39, 0.29) is 0 Å². The Kier molecular flexibility index (Phi) is 2.87. The molecule has 2 aromatic rings. The minimum atomic E-state index is 1.06. The lowest BCUT2D eigenvalue weighted by molar-refractivity contribution is 1.18. The van der Waals surface area contributed by atoms with E-state index in [1.165, 1.54) is 37.9 Å². The van der Waals surface area contributed by atoms with E-state index in [0.717, 1.165) is 6.42 Å². The van der Waals surface area contributed by atoms with Crippen molar-refractivity contribution in [2.24, 2.45) is 0 Å². The molecule has 0 radical (unpaired) electrons. The van der Waals surface area contributed by atoms with Gasteiger partial charge in [-0.05, 0) is 48.6 Å². The fraction of sp³-hybridized carbons (Fsp3) is 0.176. The molecule has 0 amide bonds. The average Bonchev–Trinajstić information content (AvgIpc) is 2.69. The number of hydrogen-bond donors (Lipinski definition) is 0. The predicted molar refractivity (Wildman–Crippen MR) is 80.7 cm³/mol.